The van der Waals surface area contributed by atoms with Crippen LogP contribution in [0.15, 0.2) is 36.7 Å². The van der Waals surface area contributed by atoms with Crippen molar-refractivity contribution >= 4 is 17.2 Å². The molecule has 1 aromatic carbocycles. The van der Waals surface area contributed by atoms with Gasteiger partial charge in [-0.2, -0.15) is 5.26 Å². The van der Waals surface area contributed by atoms with Crippen LogP contribution in [0.3, 0.4) is 0 Å². The van der Waals surface area contributed by atoms with Gasteiger partial charge in [0.15, 0.2) is 5.82 Å². The van der Waals surface area contributed by atoms with Crippen molar-refractivity contribution in [3.63, 3.8) is 0 Å². The zero-order valence-electron chi connectivity index (χ0n) is 11.1. The minimum atomic E-state index is 0.631. The largest absolute Gasteiger partial charge is 0.326 e. The average molecular weight is 264 g/mol. The molecule has 0 bridgehead atoms. The summed E-state index contributed by atoms with van der Waals surface area (Å²) in [4.78, 5) is 6.30. The third-order valence-corrected chi connectivity index (χ3v) is 3.18. The second-order valence-corrected chi connectivity index (χ2v) is 4.41. The topological polar surface area (TPSA) is 70.1 Å². The highest BCUT2D eigenvalue weighted by Gasteiger charge is 2.13. The quantitative estimate of drug-likeness (QED) is 0.708. The van der Waals surface area contributed by atoms with Crippen LogP contribution in [-0.2, 0) is 0 Å². The van der Waals surface area contributed by atoms with Crippen molar-refractivity contribution in [2.45, 2.75) is 6.92 Å². The molecule has 3 rings (SSSR count). The number of benzene rings is 1. The first kappa shape index (κ1) is 12.1. The Bertz CT molecular complexity index is 797. The average Bonchev–Trinajstić information content (AvgIpc) is 2.88. The molecule has 0 atom stereocenters. The van der Waals surface area contributed by atoms with E-state index in [2.05, 4.69) is 21.3 Å². The van der Waals surface area contributed by atoms with Gasteiger partial charge >= 0.3 is 0 Å². The fourth-order valence-corrected chi connectivity index (χ4v) is 2.05. The van der Waals surface area contributed by atoms with E-state index in [1.165, 1.54) is 0 Å². The molecule has 3 aromatic rings. The zero-order valence-corrected chi connectivity index (χ0v) is 11.1. The maximum absolute atomic E-state index is 8.83. The lowest BCUT2D eigenvalue weighted by Crippen LogP contribution is -2.12. The minimum absolute atomic E-state index is 0.631. The molecule has 2 aromatic heterocycles. The number of nitriles is 1. The second kappa shape index (κ2) is 4.63. The van der Waals surface area contributed by atoms with Gasteiger partial charge in [0.25, 0.3) is 0 Å². The van der Waals surface area contributed by atoms with Crippen LogP contribution in [0.5, 0.6) is 0 Å². The molecule has 98 valence electrons. The maximum Gasteiger partial charge on any atom is 0.204 e. The Hall–Kier alpha value is -2.94. The molecule has 0 saturated carbocycles. The van der Waals surface area contributed by atoms with Crippen molar-refractivity contribution in [2.75, 3.05) is 11.9 Å². The summed E-state index contributed by atoms with van der Waals surface area (Å²) < 4.78 is 1.89. The first-order valence-corrected chi connectivity index (χ1v) is 6.11. The van der Waals surface area contributed by atoms with E-state index in [1.54, 1.807) is 18.3 Å². The highest BCUT2D eigenvalue weighted by molar-refractivity contribution is 5.71. The Labute approximate surface area is 115 Å². The molecule has 6 heteroatoms. The van der Waals surface area contributed by atoms with Gasteiger partial charge in [-0.1, -0.05) is 0 Å². The van der Waals surface area contributed by atoms with Gasteiger partial charge < -0.3 is 4.90 Å². The number of anilines is 2. The van der Waals surface area contributed by atoms with Crippen molar-refractivity contribution in [3.05, 3.63) is 48.0 Å². The van der Waals surface area contributed by atoms with E-state index in [9.17, 15) is 0 Å². The van der Waals surface area contributed by atoms with Crippen LogP contribution in [-0.4, -0.2) is 26.6 Å². The first-order chi connectivity index (χ1) is 9.70. The summed E-state index contributed by atoms with van der Waals surface area (Å²) in [5.41, 5.74) is 2.27. The molecule has 20 heavy (non-hydrogen) atoms. The molecule has 0 aliphatic heterocycles. The number of fused-ring (bicyclic) bond motifs is 1. The summed E-state index contributed by atoms with van der Waals surface area (Å²) in [7, 11) is 1.91. The fourth-order valence-electron chi connectivity index (χ4n) is 2.05. The third kappa shape index (κ3) is 1.86. The molecule has 0 fully saturated rings. The lowest BCUT2D eigenvalue weighted by molar-refractivity contribution is 0.998. The second-order valence-electron chi connectivity index (χ2n) is 4.41. The predicted octanol–water partition coefficient (Wildman–Crippen LogP) is 2.07. The van der Waals surface area contributed by atoms with E-state index in [1.807, 2.05) is 41.6 Å². The van der Waals surface area contributed by atoms with Gasteiger partial charge in [-0.15, -0.1) is 10.2 Å². The van der Waals surface area contributed by atoms with Crippen LogP contribution in [0.2, 0.25) is 0 Å². The van der Waals surface area contributed by atoms with Crippen molar-refractivity contribution in [3.8, 4) is 6.07 Å². The van der Waals surface area contributed by atoms with E-state index in [4.69, 9.17) is 5.26 Å². The van der Waals surface area contributed by atoms with E-state index in [-0.39, 0.29) is 0 Å². The normalized spacial score (nSPS) is 10.4. The number of nitrogens with zero attached hydrogens (tertiary/aromatic N) is 6. The zero-order chi connectivity index (χ0) is 14.1. The third-order valence-electron chi connectivity index (χ3n) is 3.18. The molecule has 0 aliphatic rings. The summed E-state index contributed by atoms with van der Waals surface area (Å²) >= 11 is 0. The SMILES string of the molecule is Cc1nnc2c(N(C)c3ccc(C#N)cc3)nccn12. The van der Waals surface area contributed by atoms with Gasteiger partial charge in [0.05, 0.1) is 11.6 Å². The molecule has 0 spiro atoms. The molecule has 0 saturated heterocycles. The van der Waals surface area contributed by atoms with Gasteiger partial charge in [-0.05, 0) is 31.2 Å². The molecule has 2 heterocycles. The maximum atomic E-state index is 8.83. The number of hydrogen-bond acceptors (Lipinski definition) is 5. The number of rotatable bonds is 2. The van der Waals surface area contributed by atoms with Crippen molar-refractivity contribution in [1.29, 1.82) is 5.26 Å². The standard InChI is InChI=1S/C14H12N6/c1-10-17-18-14-13(16-7-8-20(10)14)19(2)12-5-3-11(9-15)4-6-12/h3-8H,1-2H3. The van der Waals surface area contributed by atoms with Gasteiger partial charge in [0.1, 0.15) is 5.82 Å². The van der Waals surface area contributed by atoms with Crippen LogP contribution in [0, 0.1) is 18.3 Å². The van der Waals surface area contributed by atoms with Gasteiger partial charge in [0.2, 0.25) is 5.65 Å². The Balaban J connectivity index is 2.07. The van der Waals surface area contributed by atoms with Gasteiger partial charge in [-0.3, -0.25) is 4.40 Å². The Morgan fingerprint density at radius 2 is 1.95 bits per heavy atom. The predicted molar refractivity (Wildman–Crippen MR) is 74.7 cm³/mol. The highest BCUT2D eigenvalue weighted by Crippen LogP contribution is 2.24. The molecule has 0 amide bonds. The van der Waals surface area contributed by atoms with Crippen LogP contribution in [0.25, 0.3) is 5.65 Å². The van der Waals surface area contributed by atoms with Crippen LogP contribution in [0.4, 0.5) is 11.5 Å². The lowest BCUT2D eigenvalue weighted by Gasteiger charge is -2.18. The van der Waals surface area contributed by atoms with Crippen molar-refractivity contribution in [1.82, 2.24) is 19.6 Å². The first-order valence-electron chi connectivity index (χ1n) is 6.11. The molecular formula is C14H12N6. The van der Waals surface area contributed by atoms with Crippen LogP contribution in [0.1, 0.15) is 11.4 Å². The molecule has 6 nitrogen and oxygen atoms in total. The molecule has 0 radical (unpaired) electrons. The minimum Gasteiger partial charge on any atom is -0.326 e. The Kier molecular flexibility index (Phi) is 2.80. The number of aryl methyl sites for hydroxylation is 1. The van der Waals surface area contributed by atoms with E-state index >= 15 is 0 Å². The monoisotopic (exact) mass is 264 g/mol. The van der Waals surface area contributed by atoms with Gasteiger partial charge in [0, 0.05) is 25.1 Å². The summed E-state index contributed by atoms with van der Waals surface area (Å²) in [5.74, 6) is 1.54. The lowest BCUT2D eigenvalue weighted by atomic mass is 10.2. The summed E-state index contributed by atoms with van der Waals surface area (Å²) in [5, 5.41) is 17.0. The fraction of sp³-hybridized carbons (Fsp3) is 0.143. The smallest absolute Gasteiger partial charge is 0.204 e. The van der Waals surface area contributed by atoms with Crippen molar-refractivity contribution in [2.24, 2.45) is 0 Å². The summed E-state index contributed by atoms with van der Waals surface area (Å²) in [6.07, 6.45) is 3.56. The van der Waals surface area contributed by atoms with Crippen LogP contribution < -0.4 is 4.90 Å². The van der Waals surface area contributed by atoms with Gasteiger partial charge in [-0.25, -0.2) is 4.98 Å². The van der Waals surface area contributed by atoms with E-state index in [0.29, 0.717) is 11.2 Å². The molecular weight excluding hydrogens is 252 g/mol. The van der Waals surface area contributed by atoms with Crippen LogP contribution >= 0.6 is 0 Å². The summed E-state index contributed by atoms with van der Waals surface area (Å²) in [6.45, 7) is 1.89. The van der Waals surface area contributed by atoms with Crippen molar-refractivity contribution < 1.29 is 0 Å². The molecule has 0 aliphatic carbocycles. The number of hydrogen-bond donors (Lipinski definition) is 0. The molecule has 0 N–H and O–H groups in total. The summed E-state index contributed by atoms with van der Waals surface area (Å²) in [6, 6.07) is 9.43. The number of aromatic nitrogens is 4. The van der Waals surface area contributed by atoms with E-state index in [0.717, 1.165) is 17.3 Å². The highest BCUT2D eigenvalue weighted by atomic mass is 15.3. The Morgan fingerprint density at radius 3 is 2.65 bits per heavy atom. The molecule has 0 unspecified atom stereocenters. The van der Waals surface area contributed by atoms with E-state index < -0.39 is 0 Å². The Morgan fingerprint density at radius 1 is 1.20 bits per heavy atom.